The fourth-order valence-corrected chi connectivity index (χ4v) is 2.30. The quantitative estimate of drug-likeness (QED) is 0.881. The third kappa shape index (κ3) is 3.02. The first-order valence-electron chi connectivity index (χ1n) is 6.48. The van der Waals surface area contributed by atoms with Gasteiger partial charge in [-0.05, 0) is 54.7 Å². The normalized spacial score (nSPS) is 12.5. The summed E-state index contributed by atoms with van der Waals surface area (Å²) in [5.41, 5.74) is 4.68. The zero-order chi connectivity index (χ0) is 14.0. The molecular formula is C17H19FO. The monoisotopic (exact) mass is 258 g/mol. The van der Waals surface area contributed by atoms with Crippen LogP contribution < -0.4 is 0 Å². The van der Waals surface area contributed by atoms with E-state index in [4.69, 9.17) is 0 Å². The molecule has 1 nitrogen and oxygen atoms in total. The fourth-order valence-electron chi connectivity index (χ4n) is 2.30. The molecule has 0 aliphatic heterocycles. The highest BCUT2D eigenvalue weighted by atomic mass is 19.1. The molecule has 1 N–H and O–H groups in total. The Morgan fingerprint density at radius 3 is 2.21 bits per heavy atom. The zero-order valence-electron chi connectivity index (χ0n) is 11.6. The Bertz CT molecular complexity index is 570. The summed E-state index contributed by atoms with van der Waals surface area (Å²) in [4.78, 5) is 0. The largest absolute Gasteiger partial charge is 0.388 e. The molecule has 2 aromatic carbocycles. The Labute approximate surface area is 113 Å². The lowest BCUT2D eigenvalue weighted by molar-refractivity contribution is 0.177. The van der Waals surface area contributed by atoms with E-state index in [1.807, 2.05) is 32.0 Å². The summed E-state index contributed by atoms with van der Waals surface area (Å²) >= 11 is 0. The van der Waals surface area contributed by atoms with Crippen LogP contribution in [0.3, 0.4) is 0 Å². The van der Waals surface area contributed by atoms with Gasteiger partial charge >= 0.3 is 0 Å². The van der Waals surface area contributed by atoms with Gasteiger partial charge in [-0.2, -0.15) is 0 Å². The summed E-state index contributed by atoms with van der Waals surface area (Å²) in [7, 11) is 0. The van der Waals surface area contributed by atoms with Crippen LogP contribution in [0.5, 0.6) is 0 Å². The molecule has 0 fully saturated rings. The van der Waals surface area contributed by atoms with Crippen molar-refractivity contribution in [1.29, 1.82) is 0 Å². The van der Waals surface area contributed by atoms with E-state index < -0.39 is 6.10 Å². The van der Waals surface area contributed by atoms with E-state index in [-0.39, 0.29) is 5.82 Å². The Hall–Kier alpha value is -1.67. The molecule has 0 spiro atoms. The predicted molar refractivity (Wildman–Crippen MR) is 75.7 cm³/mol. The molecule has 0 saturated heterocycles. The number of aryl methyl sites for hydroxylation is 3. The van der Waals surface area contributed by atoms with Gasteiger partial charge in [0.15, 0.2) is 0 Å². The first-order chi connectivity index (χ1) is 8.99. The van der Waals surface area contributed by atoms with Gasteiger partial charge in [0.25, 0.3) is 0 Å². The van der Waals surface area contributed by atoms with E-state index in [1.165, 1.54) is 6.07 Å². The molecule has 0 amide bonds. The molecule has 0 aromatic heterocycles. The number of benzene rings is 2. The Kier molecular flexibility index (Phi) is 4.01. The third-order valence-electron chi connectivity index (χ3n) is 3.62. The van der Waals surface area contributed by atoms with Crippen LogP contribution in [-0.2, 0) is 6.42 Å². The average Bonchev–Trinajstić information content (AvgIpc) is 2.37. The van der Waals surface area contributed by atoms with E-state index in [2.05, 4.69) is 0 Å². The van der Waals surface area contributed by atoms with Crippen molar-refractivity contribution in [3.05, 3.63) is 70.0 Å². The number of halogens is 1. The Morgan fingerprint density at radius 2 is 1.63 bits per heavy atom. The van der Waals surface area contributed by atoms with Gasteiger partial charge < -0.3 is 5.11 Å². The lowest BCUT2D eigenvalue weighted by atomic mass is 9.94. The first kappa shape index (κ1) is 13.8. The SMILES string of the molecule is Cc1ccc(C(O)Cc2c(C)cccc2C)cc1F. The van der Waals surface area contributed by atoms with Gasteiger partial charge in [-0.25, -0.2) is 4.39 Å². The highest BCUT2D eigenvalue weighted by molar-refractivity contribution is 5.35. The zero-order valence-corrected chi connectivity index (χ0v) is 11.6. The van der Waals surface area contributed by atoms with Crippen molar-refractivity contribution in [3.8, 4) is 0 Å². The van der Waals surface area contributed by atoms with Gasteiger partial charge in [0.1, 0.15) is 5.82 Å². The van der Waals surface area contributed by atoms with Gasteiger partial charge in [0.05, 0.1) is 6.10 Å². The van der Waals surface area contributed by atoms with Crippen LogP contribution >= 0.6 is 0 Å². The van der Waals surface area contributed by atoms with Crippen molar-refractivity contribution >= 4 is 0 Å². The lowest BCUT2D eigenvalue weighted by Gasteiger charge is -2.15. The van der Waals surface area contributed by atoms with Gasteiger partial charge in [-0.3, -0.25) is 0 Å². The second-order valence-corrected chi connectivity index (χ2v) is 5.10. The van der Waals surface area contributed by atoms with Crippen LogP contribution in [0.2, 0.25) is 0 Å². The molecule has 0 aliphatic carbocycles. The second kappa shape index (κ2) is 5.54. The van der Waals surface area contributed by atoms with Crippen LogP contribution in [0.25, 0.3) is 0 Å². The Balaban J connectivity index is 2.25. The molecule has 0 saturated carbocycles. The molecule has 2 aromatic rings. The summed E-state index contributed by atoms with van der Waals surface area (Å²) in [6.07, 6.45) is -0.157. The van der Waals surface area contributed by atoms with Gasteiger partial charge in [0.2, 0.25) is 0 Å². The summed E-state index contributed by atoms with van der Waals surface area (Å²) < 4.78 is 13.5. The van der Waals surface area contributed by atoms with Crippen LogP contribution in [-0.4, -0.2) is 5.11 Å². The molecule has 0 aliphatic rings. The summed E-state index contributed by atoms with van der Waals surface area (Å²) in [5, 5.41) is 10.3. The van der Waals surface area contributed by atoms with E-state index in [9.17, 15) is 9.50 Å². The number of rotatable bonds is 3. The molecule has 1 atom stereocenters. The summed E-state index contributed by atoms with van der Waals surface area (Å²) in [6.45, 7) is 5.78. The predicted octanol–water partition coefficient (Wildman–Crippen LogP) is 4.03. The fraction of sp³-hybridized carbons (Fsp3) is 0.294. The third-order valence-corrected chi connectivity index (χ3v) is 3.62. The molecule has 2 rings (SSSR count). The van der Waals surface area contributed by atoms with E-state index in [0.29, 0.717) is 17.5 Å². The first-order valence-corrected chi connectivity index (χ1v) is 6.48. The van der Waals surface area contributed by atoms with Crippen molar-refractivity contribution in [2.75, 3.05) is 0 Å². The Morgan fingerprint density at radius 1 is 1.00 bits per heavy atom. The van der Waals surface area contributed by atoms with Gasteiger partial charge in [-0.15, -0.1) is 0 Å². The number of aliphatic hydroxyl groups is 1. The molecule has 2 heteroatoms. The smallest absolute Gasteiger partial charge is 0.126 e. The number of hydrogen-bond donors (Lipinski definition) is 1. The number of aliphatic hydroxyl groups excluding tert-OH is 1. The molecule has 0 radical (unpaired) electrons. The minimum absolute atomic E-state index is 0.266. The molecular weight excluding hydrogens is 239 g/mol. The van der Waals surface area contributed by atoms with Crippen molar-refractivity contribution in [1.82, 2.24) is 0 Å². The van der Waals surface area contributed by atoms with Crippen LogP contribution in [0, 0.1) is 26.6 Å². The summed E-state index contributed by atoms with van der Waals surface area (Å²) in [6, 6.07) is 11.0. The maximum atomic E-state index is 13.5. The van der Waals surface area contributed by atoms with E-state index in [1.54, 1.807) is 19.1 Å². The standard InChI is InChI=1S/C17H19FO/c1-11-5-4-6-12(2)15(11)10-17(19)14-8-7-13(3)16(18)9-14/h4-9,17,19H,10H2,1-3H3. The molecule has 100 valence electrons. The van der Waals surface area contributed by atoms with E-state index in [0.717, 1.165) is 16.7 Å². The molecule has 19 heavy (non-hydrogen) atoms. The topological polar surface area (TPSA) is 20.2 Å². The summed E-state index contributed by atoms with van der Waals surface area (Å²) in [5.74, 6) is -0.266. The highest BCUT2D eigenvalue weighted by Gasteiger charge is 2.13. The van der Waals surface area contributed by atoms with Gasteiger partial charge in [-0.1, -0.05) is 30.3 Å². The highest BCUT2D eigenvalue weighted by Crippen LogP contribution is 2.24. The van der Waals surface area contributed by atoms with Crippen molar-refractivity contribution in [3.63, 3.8) is 0 Å². The van der Waals surface area contributed by atoms with E-state index >= 15 is 0 Å². The van der Waals surface area contributed by atoms with Crippen molar-refractivity contribution in [2.45, 2.75) is 33.3 Å². The minimum atomic E-state index is -0.671. The second-order valence-electron chi connectivity index (χ2n) is 5.10. The van der Waals surface area contributed by atoms with Crippen LogP contribution in [0.15, 0.2) is 36.4 Å². The van der Waals surface area contributed by atoms with Gasteiger partial charge in [0, 0.05) is 6.42 Å². The van der Waals surface area contributed by atoms with Crippen LogP contribution in [0.1, 0.15) is 33.9 Å². The lowest BCUT2D eigenvalue weighted by Crippen LogP contribution is -2.05. The number of hydrogen-bond acceptors (Lipinski definition) is 1. The van der Waals surface area contributed by atoms with Crippen molar-refractivity contribution < 1.29 is 9.50 Å². The van der Waals surface area contributed by atoms with Crippen LogP contribution in [0.4, 0.5) is 4.39 Å². The molecule has 0 heterocycles. The van der Waals surface area contributed by atoms with Crippen molar-refractivity contribution in [2.24, 2.45) is 0 Å². The minimum Gasteiger partial charge on any atom is -0.388 e. The molecule has 0 bridgehead atoms. The maximum absolute atomic E-state index is 13.5. The maximum Gasteiger partial charge on any atom is 0.126 e. The molecule has 1 unspecified atom stereocenters. The average molecular weight is 258 g/mol.